The molecule has 23 heavy (non-hydrogen) atoms. The molecule has 4 heterocycles. The number of nitrogens with zero attached hydrogens (tertiary/aromatic N) is 4. The lowest BCUT2D eigenvalue weighted by Gasteiger charge is -2.53. The molecule has 9 heteroatoms. The van der Waals surface area contributed by atoms with Gasteiger partial charge in [-0.05, 0) is 13.0 Å². The molecule has 4 atom stereocenters. The maximum Gasteiger partial charge on any atom is 0.355 e. The Labute approximate surface area is 135 Å². The Bertz CT molecular complexity index is 824. The molecule has 0 aliphatic carbocycles. The summed E-state index contributed by atoms with van der Waals surface area (Å²) < 4.78 is 3.32. The second kappa shape index (κ2) is 4.68. The third-order valence-corrected chi connectivity index (χ3v) is 6.40. The molecule has 0 radical (unpaired) electrons. The van der Waals surface area contributed by atoms with Crippen LogP contribution in [0.3, 0.4) is 0 Å². The first-order chi connectivity index (χ1) is 11.0. The Morgan fingerprint density at radius 1 is 1.61 bits per heavy atom. The standard InChI is InChI=1S/C14H15N5O3S/c1-8-14(13(21)22,7-17-11(20)10(15)12(17)23-8)18-5-6-19-9(18)3-2-4-16-19/h2-6,8,10,12H,7,15H2,1H3/p+1/t8?,10?,12-,14?/m1/s1. The van der Waals surface area contributed by atoms with Crippen molar-refractivity contribution < 1.29 is 19.3 Å². The molecule has 3 unspecified atom stereocenters. The van der Waals surface area contributed by atoms with Gasteiger partial charge in [0.15, 0.2) is 6.20 Å². The maximum absolute atomic E-state index is 12.3. The van der Waals surface area contributed by atoms with Crippen molar-refractivity contribution in [3.63, 3.8) is 0 Å². The van der Waals surface area contributed by atoms with Gasteiger partial charge in [-0.1, -0.05) is 5.10 Å². The van der Waals surface area contributed by atoms with Crippen molar-refractivity contribution in [3.05, 3.63) is 30.7 Å². The zero-order valence-corrected chi connectivity index (χ0v) is 13.2. The van der Waals surface area contributed by atoms with Gasteiger partial charge in [0.25, 0.3) is 0 Å². The quantitative estimate of drug-likeness (QED) is 0.541. The SMILES string of the molecule is CC1S[C@@H]2C(N)C(=O)N2CC1(C(=O)O)[n+]1ccn2ncccc21. The molecule has 0 saturated carbocycles. The number of amides is 1. The van der Waals surface area contributed by atoms with Crippen molar-refractivity contribution in [3.8, 4) is 0 Å². The van der Waals surface area contributed by atoms with Gasteiger partial charge in [-0.3, -0.25) is 4.79 Å². The summed E-state index contributed by atoms with van der Waals surface area (Å²) in [5, 5.41) is 13.8. The number of carbonyl (C=O) groups excluding carboxylic acids is 1. The summed E-state index contributed by atoms with van der Waals surface area (Å²) in [6, 6.07) is 3.03. The summed E-state index contributed by atoms with van der Waals surface area (Å²) in [7, 11) is 0. The summed E-state index contributed by atoms with van der Waals surface area (Å²) in [6.07, 6.45) is 5.06. The molecule has 4 rings (SSSR count). The number of hydrogen-bond acceptors (Lipinski definition) is 5. The number of carboxylic acid groups (broad SMARTS) is 1. The topological polar surface area (TPSA) is 105 Å². The first-order valence-corrected chi connectivity index (χ1v) is 8.20. The van der Waals surface area contributed by atoms with Crippen LogP contribution in [-0.2, 0) is 15.1 Å². The van der Waals surface area contributed by atoms with E-state index in [1.165, 1.54) is 11.8 Å². The number of aromatic nitrogens is 3. The predicted octanol–water partition coefficient (Wildman–Crippen LogP) is -0.967. The van der Waals surface area contributed by atoms with Gasteiger partial charge < -0.3 is 15.7 Å². The van der Waals surface area contributed by atoms with Crippen molar-refractivity contribution in [1.82, 2.24) is 14.5 Å². The Morgan fingerprint density at radius 2 is 2.39 bits per heavy atom. The highest BCUT2D eigenvalue weighted by atomic mass is 32.2. The normalized spacial score (nSPS) is 33.4. The minimum Gasteiger partial charge on any atom is -0.478 e. The van der Waals surface area contributed by atoms with Gasteiger partial charge in [0.1, 0.15) is 17.6 Å². The van der Waals surface area contributed by atoms with E-state index in [0.29, 0.717) is 5.65 Å². The average molecular weight is 334 g/mol. The number of carbonyl (C=O) groups is 2. The Kier molecular flexibility index (Phi) is 2.94. The van der Waals surface area contributed by atoms with E-state index in [4.69, 9.17) is 5.73 Å². The highest BCUT2D eigenvalue weighted by molar-refractivity contribution is 8.00. The van der Waals surface area contributed by atoms with Crippen molar-refractivity contribution in [2.24, 2.45) is 5.73 Å². The second-order valence-corrected chi connectivity index (χ2v) is 7.35. The number of fused-ring (bicyclic) bond motifs is 2. The monoisotopic (exact) mass is 334 g/mol. The minimum atomic E-state index is -1.26. The van der Waals surface area contributed by atoms with Crippen LogP contribution in [0.15, 0.2) is 30.7 Å². The smallest absolute Gasteiger partial charge is 0.355 e. The first kappa shape index (κ1) is 14.5. The zero-order valence-electron chi connectivity index (χ0n) is 12.4. The molecule has 2 saturated heterocycles. The number of aliphatic carboxylic acids is 1. The van der Waals surface area contributed by atoms with Crippen molar-refractivity contribution >= 4 is 29.3 Å². The van der Waals surface area contributed by atoms with Crippen LogP contribution in [0.5, 0.6) is 0 Å². The third kappa shape index (κ3) is 1.71. The molecule has 120 valence electrons. The Morgan fingerprint density at radius 3 is 3.13 bits per heavy atom. The van der Waals surface area contributed by atoms with E-state index < -0.39 is 17.6 Å². The molecule has 2 aliphatic rings. The van der Waals surface area contributed by atoms with Gasteiger partial charge >= 0.3 is 11.6 Å². The molecule has 2 aliphatic heterocycles. The van der Waals surface area contributed by atoms with Crippen LogP contribution in [0.1, 0.15) is 6.92 Å². The number of nitrogens with two attached hydrogens (primary N) is 1. The maximum atomic E-state index is 12.3. The van der Waals surface area contributed by atoms with E-state index in [0.717, 1.165) is 0 Å². The molecule has 3 N–H and O–H groups in total. The predicted molar refractivity (Wildman–Crippen MR) is 81.5 cm³/mol. The first-order valence-electron chi connectivity index (χ1n) is 7.26. The van der Waals surface area contributed by atoms with Crippen LogP contribution in [0.25, 0.3) is 5.65 Å². The van der Waals surface area contributed by atoms with Gasteiger partial charge in [-0.25, -0.2) is 9.36 Å². The fourth-order valence-corrected chi connectivity index (χ4v) is 4.97. The molecule has 8 nitrogen and oxygen atoms in total. The molecular weight excluding hydrogens is 318 g/mol. The molecule has 2 aromatic heterocycles. The van der Waals surface area contributed by atoms with Gasteiger partial charge in [0.2, 0.25) is 11.4 Å². The highest BCUT2D eigenvalue weighted by Gasteiger charge is 2.63. The fraction of sp³-hybridized carbons (Fsp3) is 0.429. The molecule has 0 bridgehead atoms. The molecular formula is C14H16N5O3S+. The number of β-lactam (4-membered cyclic amide) rings is 1. The zero-order chi connectivity index (χ0) is 16.4. The van der Waals surface area contributed by atoms with Crippen LogP contribution >= 0.6 is 11.8 Å². The van der Waals surface area contributed by atoms with Crippen molar-refractivity contribution in [1.29, 1.82) is 0 Å². The summed E-state index contributed by atoms with van der Waals surface area (Å²) >= 11 is 1.44. The van der Waals surface area contributed by atoms with E-state index in [1.54, 1.807) is 38.6 Å². The number of hydrogen-bond donors (Lipinski definition) is 2. The van der Waals surface area contributed by atoms with Gasteiger partial charge in [-0.2, -0.15) is 0 Å². The number of carboxylic acids is 1. The van der Waals surface area contributed by atoms with Gasteiger partial charge in [0.05, 0.1) is 18.0 Å². The van der Waals surface area contributed by atoms with Gasteiger partial charge in [0, 0.05) is 6.07 Å². The van der Waals surface area contributed by atoms with Crippen LogP contribution < -0.4 is 10.3 Å². The van der Waals surface area contributed by atoms with Gasteiger partial charge in [-0.15, -0.1) is 16.3 Å². The molecule has 0 spiro atoms. The third-order valence-electron chi connectivity index (χ3n) is 4.77. The minimum absolute atomic E-state index is 0.104. The van der Waals surface area contributed by atoms with Crippen LogP contribution in [0.4, 0.5) is 0 Å². The van der Waals surface area contributed by atoms with E-state index >= 15 is 0 Å². The molecule has 2 fully saturated rings. The molecule has 2 aromatic rings. The summed E-state index contributed by atoms with van der Waals surface area (Å²) in [5.41, 5.74) is 5.24. The second-order valence-electron chi connectivity index (χ2n) is 5.88. The lowest BCUT2D eigenvalue weighted by molar-refractivity contribution is -0.726. The van der Waals surface area contributed by atoms with E-state index in [-0.39, 0.29) is 23.1 Å². The van der Waals surface area contributed by atoms with Crippen LogP contribution in [-0.4, -0.2) is 54.7 Å². The molecule has 0 aromatic carbocycles. The summed E-state index contributed by atoms with van der Waals surface area (Å²) in [5.74, 6) is -1.16. The van der Waals surface area contributed by atoms with Crippen molar-refractivity contribution in [2.45, 2.75) is 29.1 Å². The molecule has 1 amide bonds. The largest absolute Gasteiger partial charge is 0.478 e. The van der Waals surface area contributed by atoms with Crippen molar-refractivity contribution in [2.75, 3.05) is 6.54 Å². The highest BCUT2D eigenvalue weighted by Crippen LogP contribution is 2.43. The summed E-state index contributed by atoms with van der Waals surface area (Å²) in [4.78, 5) is 25.8. The van der Waals surface area contributed by atoms with E-state index in [1.807, 2.05) is 13.0 Å². The van der Waals surface area contributed by atoms with Crippen LogP contribution in [0.2, 0.25) is 0 Å². The van der Waals surface area contributed by atoms with E-state index in [9.17, 15) is 14.7 Å². The van der Waals surface area contributed by atoms with Crippen LogP contribution in [0, 0.1) is 0 Å². The van der Waals surface area contributed by atoms with E-state index in [2.05, 4.69) is 5.10 Å². The number of thioether (sulfide) groups is 1. The Balaban J connectivity index is 1.87. The fourth-order valence-electron chi connectivity index (χ4n) is 3.43. The summed E-state index contributed by atoms with van der Waals surface area (Å²) in [6.45, 7) is 1.98. The number of rotatable bonds is 2. The Hall–Kier alpha value is -2.13. The lowest BCUT2D eigenvalue weighted by atomic mass is 9.91. The average Bonchev–Trinajstić information content (AvgIpc) is 2.98. The number of imidazole rings is 1. The lowest BCUT2D eigenvalue weighted by Crippen LogP contribution is -2.80.